The highest BCUT2D eigenvalue weighted by atomic mass is 32.1. The molecule has 3 N–H and O–H groups in total. The molecule has 0 saturated heterocycles. The number of benzene rings is 1. The summed E-state index contributed by atoms with van der Waals surface area (Å²) < 4.78 is 0. The van der Waals surface area contributed by atoms with Gasteiger partial charge in [-0.1, -0.05) is 12.2 Å². The van der Waals surface area contributed by atoms with Crippen molar-refractivity contribution in [3.63, 3.8) is 0 Å². The first kappa shape index (κ1) is 11.6. The Hall–Kier alpha value is -1.42. The highest BCUT2D eigenvalue weighted by Crippen LogP contribution is 2.11. The quantitative estimate of drug-likeness (QED) is 0.533. The standard InChI is InChI=1S/C8H9NO2.CH2S/c1-5-4-6(9)2-3-7(5)8(10)11;1-2/h2-4H,9H2,1H3,(H,10,11);1H2. The maximum Gasteiger partial charge on any atom is 0.335 e. The first-order valence-corrected chi connectivity index (χ1v) is 4.07. The molecule has 0 spiro atoms. The molecule has 0 aromatic heterocycles. The van der Waals surface area contributed by atoms with Crippen molar-refractivity contribution in [1.82, 2.24) is 0 Å². The fraction of sp³-hybridized carbons (Fsp3) is 0.111. The lowest BCUT2D eigenvalue weighted by atomic mass is 10.1. The van der Waals surface area contributed by atoms with Gasteiger partial charge in [-0.05, 0) is 36.6 Å². The van der Waals surface area contributed by atoms with Crippen LogP contribution in [-0.4, -0.2) is 16.9 Å². The van der Waals surface area contributed by atoms with Crippen LogP contribution in [0.15, 0.2) is 18.2 Å². The Morgan fingerprint density at radius 2 is 2.08 bits per heavy atom. The molecular weight excluding hydrogens is 186 g/mol. The monoisotopic (exact) mass is 197 g/mol. The molecule has 0 heterocycles. The molecule has 3 nitrogen and oxygen atoms in total. The molecule has 0 amide bonds. The third kappa shape index (κ3) is 3.21. The summed E-state index contributed by atoms with van der Waals surface area (Å²) in [6, 6.07) is 4.73. The van der Waals surface area contributed by atoms with E-state index < -0.39 is 5.97 Å². The van der Waals surface area contributed by atoms with Gasteiger partial charge in [0.2, 0.25) is 0 Å². The van der Waals surface area contributed by atoms with Crippen LogP contribution in [0.25, 0.3) is 0 Å². The van der Waals surface area contributed by atoms with E-state index in [0.717, 1.165) is 0 Å². The maximum atomic E-state index is 10.5. The third-order valence-electron chi connectivity index (χ3n) is 1.48. The zero-order valence-electron chi connectivity index (χ0n) is 7.28. The number of nitrogen functional groups attached to an aromatic ring is 1. The molecule has 1 aromatic rings. The van der Waals surface area contributed by atoms with Gasteiger partial charge in [-0.2, -0.15) is 0 Å². The number of aromatic carboxylic acids is 1. The van der Waals surface area contributed by atoms with Crippen LogP contribution in [0.3, 0.4) is 0 Å². The van der Waals surface area contributed by atoms with E-state index in [2.05, 4.69) is 18.1 Å². The van der Waals surface area contributed by atoms with Crippen LogP contribution in [0, 0.1) is 6.92 Å². The average Bonchev–Trinajstić information content (AvgIpc) is 2.07. The number of nitrogens with two attached hydrogens (primary N) is 1. The molecule has 13 heavy (non-hydrogen) atoms. The molecule has 0 aliphatic rings. The summed E-state index contributed by atoms with van der Waals surface area (Å²) in [7, 11) is 0. The predicted octanol–water partition coefficient (Wildman–Crippen LogP) is 1.89. The van der Waals surface area contributed by atoms with Gasteiger partial charge >= 0.3 is 5.97 Å². The number of hydrogen-bond donors (Lipinski definition) is 2. The summed E-state index contributed by atoms with van der Waals surface area (Å²) >= 11 is 3.83. The molecule has 70 valence electrons. The summed E-state index contributed by atoms with van der Waals surface area (Å²) in [4.78, 5) is 10.5. The van der Waals surface area contributed by atoms with E-state index in [0.29, 0.717) is 16.8 Å². The van der Waals surface area contributed by atoms with Crippen molar-refractivity contribution < 1.29 is 9.90 Å². The second-order valence-electron chi connectivity index (χ2n) is 2.38. The third-order valence-corrected chi connectivity index (χ3v) is 1.48. The van der Waals surface area contributed by atoms with E-state index >= 15 is 0 Å². The van der Waals surface area contributed by atoms with Crippen molar-refractivity contribution in [3.8, 4) is 0 Å². The van der Waals surface area contributed by atoms with Crippen molar-refractivity contribution in [2.75, 3.05) is 5.73 Å². The van der Waals surface area contributed by atoms with Gasteiger partial charge in [0.1, 0.15) is 0 Å². The molecule has 0 aliphatic carbocycles. The largest absolute Gasteiger partial charge is 0.478 e. The van der Waals surface area contributed by atoms with Crippen LogP contribution in [0.1, 0.15) is 15.9 Å². The molecule has 4 heteroatoms. The fourth-order valence-corrected chi connectivity index (χ4v) is 0.927. The smallest absolute Gasteiger partial charge is 0.335 e. The van der Waals surface area contributed by atoms with Gasteiger partial charge in [-0.3, -0.25) is 0 Å². The average molecular weight is 197 g/mol. The van der Waals surface area contributed by atoms with Crippen molar-refractivity contribution >= 4 is 29.7 Å². The van der Waals surface area contributed by atoms with Gasteiger partial charge in [0.25, 0.3) is 0 Å². The Bertz CT molecular complexity index is 312. The SMILES string of the molecule is C=S.Cc1cc(N)ccc1C(=O)O. The summed E-state index contributed by atoms with van der Waals surface area (Å²) in [6.07, 6.45) is 0. The number of anilines is 1. The van der Waals surface area contributed by atoms with Crippen molar-refractivity contribution in [2.24, 2.45) is 0 Å². The first-order valence-electron chi connectivity index (χ1n) is 3.49. The number of hydrogen-bond acceptors (Lipinski definition) is 3. The molecule has 0 aliphatic heterocycles. The second-order valence-corrected chi connectivity index (χ2v) is 2.38. The van der Waals surface area contributed by atoms with Crippen molar-refractivity contribution in [2.45, 2.75) is 6.92 Å². The molecule has 1 aromatic carbocycles. The van der Waals surface area contributed by atoms with Crippen LogP contribution < -0.4 is 5.73 Å². The molecule has 0 atom stereocenters. The molecule has 1 rings (SSSR count). The van der Waals surface area contributed by atoms with E-state index in [4.69, 9.17) is 10.8 Å². The minimum absolute atomic E-state index is 0.305. The van der Waals surface area contributed by atoms with Crippen molar-refractivity contribution in [1.29, 1.82) is 0 Å². The van der Waals surface area contributed by atoms with Gasteiger partial charge in [-0.15, -0.1) is 0 Å². The number of carboxylic acid groups (broad SMARTS) is 1. The number of aryl methyl sites for hydroxylation is 1. The number of carbonyl (C=O) groups is 1. The Kier molecular flexibility index (Phi) is 4.69. The zero-order valence-corrected chi connectivity index (χ0v) is 8.10. The van der Waals surface area contributed by atoms with Crippen LogP contribution >= 0.6 is 12.2 Å². The number of thiocarbonyl (C=S) groups is 1. The Balaban J connectivity index is 0.000000671. The minimum Gasteiger partial charge on any atom is -0.478 e. The zero-order chi connectivity index (χ0) is 10.4. The van der Waals surface area contributed by atoms with Crippen LogP contribution in [0.4, 0.5) is 5.69 Å². The van der Waals surface area contributed by atoms with E-state index in [9.17, 15) is 4.79 Å². The van der Waals surface area contributed by atoms with E-state index in [1.165, 1.54) is 6.07 Å². The lowest BCUT2D eigenvalue weighted by molar-refractivity contribution is 0.0696. The molecule has 0 bridgehead atoms. The molecule has 0 fully saturated rings. The lowest BCUT2D eigenvalue weighted by Crippen LogP contribution is -1.99. The lowest BCUT2D eigenvalue weighted by Gasteiger charge is -2.00. The number of rotatable bonds is 1. The Morgan fingerprint density at radius 3 is 2.46 bits per heavy atom. The highest BCUT2D eigenvalue weighted by Gasteiger charge is 2.04. The summed E-state index contributed by atoms with van der Waals surface area (Å²) in [5, 5.41) is 8.62. The van der Waals surface area contributed by atoms with E-state index in [1.807, 2.05) is 0 Å². The molecular formula is C9H11NO2S. The van der Waals surface area contributed by atoms with Crippen LogP contribution in [0.5, 0.6) is 0 Å². The van der Waals surface area contributed by atoms with Gasteiger partial charge in [0.15, 0.2) is 0 Å². The second kappa shape index (κ2) is 5.27. The van der Waals surface area contributed by atoms with E-state index in [1.54, 1.807) is 19.1 Å². The van der Waals surface area contributed by atoms with E-state index in [-0.39, 0.29) is 0 Å². The molecule has 0 saturated carbocycles. The van der Waals surface area contributed by atoms with Gasteiger partial charge in [0.05, 0.1) is 5.56 Å². The maximum absolute atomic E-state index is 10.5. The fourth-order valence-electron chi connectivity index (χ4n) is 0.927. The van der Waals surface area contributed by atoms with Gasteiger partial charge in [-0.25, -0.2) is 4.79 Å². The minimum atomic E-state index is -0.914. The Labute approximate surface area is 82.2 Å². The molecule has 0 unspecified atom stereocenters. The van der Waals surface area contributed by atoms with Crippen molar-refractivity contribution in [3.05, 3.63) is 29.3 Å². The van der Waals surface area contributed by atoms with Gasteiger partial charge in [0, 0.05) is 5.69 Å². The Morgan fingerprint density at radius 1 is 1.54 bits per heavy atom. The summed E-state index contributed by atoms with van der Waals surface area (Å²) in [5.41, 5.74) is 7.02. The molecule has 0 radical (unpaired) electrons. The predicted molar refractivity (Wildman–Crippen MR) is 57.3 cm³/mol. The highest BCUT2D eigenvalue weighted by molar-refractivity contribution is 7.77. The number of carboxylic acids is 1. The normalized spacial score (nSPS) is 8.38. The van der Waals surface area contributed by atoms with Gasteiger partial charge < -0.3 is 10.8 Å². The topological polar surface area (TPSA) is 63.3 Å². The first-order chi connectivity index (χ1) is 6.11. The summed E-state index contributed by atoms with van der Waals surface area (Å²) in [5.74, 6) is 1.92. The van der Waals surface area contributed by atoms with Crippen LogP contribution in [0.2, 0.25) is 0 Å². The summed E-state index contributed by atoms with van der Waals surface area (Å²) in [6.45, 7) is 1.72. The van der Waals surface area contributed by atoms with Crippen LogP contribution in [-0.2, 0) is 0 Å².